The van der Waals surface area contributed by atoms with E-state index in [0.29, 0.717) is 16.7 Å². The lowest BCUT2D eigenvalue weighted by Gasteiger charge is -2.06. The van der Waals surface area contributed by atoms with Crippen LogP contribution in [-0.2, 0) is 6.42 Å². The maximum atomic E-state index is 13.5. The molecule has 18 heavy (non-hydrogen) atoms. The molecule has 1 aromatic carbocycles. The van der Waals surface area contributed by atoms with Gasteiger partial charge in [-0.3, -0.25) is 0 Å². The Morgan fingerprint density at radius 3 is 2.94 bits per heavy atom. The molecule has 0 aliphatic carbocycles. The maximum Gasteiger partial charge on any atom is 0.139 e. The lowest BCUT2D eigenvalue weighted by Crippen LogP contribution is -2.00. The number of aromatic nitrogens is 3. The van der Waals surface area contributed by atoms with Crippen molar-refractivity contribution >= 4 is 15.9 Å². The van der Waals surface area contributed by atoms with E-state index in [0.717, 1.165) is 24.1 Å². The van der Waals surface area contributed by atoms with Crippen LogP contribution in [0.15, 0.2) is 22.8 Å². The van der Waals surface area contributed by atoms with Crippen molar-refractivity contribution in [1.82, 2.24) is 15.0 Å². The summed E-state index contributed by atoms with van der Waals surface area (Å²) in [6.45, 7) is 2.53. The fourth-order valence-electron chi connectivity index (χ4n) is 1.70. The lowest BCUT2D eigenvalue weighted by molar-refractivity contribution is 0.617. The smallest absolute Gasteiger partial charge is 0.139 e. The van der Waals surface area contributed by atoms with Gasteiger partial charge in [0.2, 0.25) is 0 Å². The average molecular weight is 313 g/mol. The minimum absolute atomic E-state index is 0.311. The topological polar surface area (TPSA) is 56.7 Å². The van der Waals surface area contributed by atoms with Gasteiger partial charge in [-0.05, 0) is 53.9 Å². The molecule has 0 atom stereocenters. The molecule has 0 aliphatic rings. The van der Waals surface area contributed by atoms with Crippen LogP contribution in [0.3, 0.4) is 0 Å². The molecule has 0 saturated heterocycles. The summed E-state index contributed by atoms with van der Waals surface area (Å²) in [5.41, 5.74) is 7.93. The predicted octanol–water partition coefficient (Wildman–Crippen LogP) is 2.37. The normalized spacial score (nSPS) is 10.9. The minimum Gasteiger partial charge on any atom is -0.330 e. The second kappa shape index (κ2) is 5.58. The summed E-state index contributed by atoms with van der Waals surface area (Å²) in [6.07, 6.45) is 3.46. The molecule has 0 saturated carbocycles. The van der Waals surface area contributed by atoms with Crippen molar-refractivity contribution in [3.63, 3.8) is 0 Å². The highest BCUT2D eigenvalue weighted by molar-refractivity contribution is 9.10. The Morgan fingerprint density at radius 2 is 2.22 bits per heavy atom. The van der Waals surface area contributed by atoms with Crippen molar-refractivity contribution in [3.8, 4) is 5.69 Å². The zero-order chi connectivity index (χ0) is 13.1. The number of hydrogen-bond donors (Lipinski definition) is 1. The van der Waals surface area contributed by atoms with E-state index in [4.69, 9.17) is 5.73 Å². The van der Waals surface area contributed by atoms with E-state index in [9.17, 15) is 4.39 Å². The molecular weight excluding hydrogens is 299 g/mol. The van der Waals surface area contributed by atoms with E-state index in [1.807, 2.05) is 13.1 Å². The molecule has 0 aliphatic heterocycles. The molecule has 96 valence electrons. The Labute approximate surface area is 113 Å². The molecule has 0 spiro atoms. The van der Waals surface area contributed by atoms with Crippen LogP contribution in [0.2, 0.25) is 0 Å². The first kappa shape index (κ1) is 13.2. The summed E-state index contributed by atoms with van der Waals surface area (Å²) in [5, 5.41) is 8.06. The molecule has 2 aromatic rings. The van der Waals surface area contributed by atoms with Gasteiger partial charge in [-0.15, -0.1) is 5.10 Å². The Bertz CT molecular complexity index is 553. The fourth-order valence-corrected chi connectivity index (χ4v) is 2.15. The number of nitrogens with two attached hydrogens (primary N) is 1. The van der Waals surface area contributed by atoms with Gasteiger partial charge >= 0.3 is 0 Å². The molecule has 0 unspecified atom stereocenters. The summed E-state index contributed by atoms with van der Waals surface area (Å²) >= 11 is 3.16. The highest BCUT2D eigenvalue weighted by Gasteiger charge is 2.09. The molecule has 0 amide bonds. The van der Waals surface area contributed by atoms with Crippen LogP contribution in [0.1, 0.15) is 17.7 Å². The average Bonchev–Trinajstić information content (AvgIpc) is 2.79. The van der Waals surface area contributed by atoms with Crippen molar-refractivity contribution in [2.24, 2.45) is 5.73 Å². The molecule has 2 N–H and O–H groups in total. The molecule has 0 fully saturated rings. The quantitative estimate of drug-likeness (QED) is 0.943. The van der Waals surface area contributed by atoms with Gasteiger partial charge in [0.1, 0.15) is 5.82 Å². The number of hydrogen-bond acceptors (Lipinski definition) is 3. The van der Waals surface area contributed by atoms with Gasteiger partial charge in [0.25, 0.3) is 0 Å². The third kappa shape index (κ3) is 2.76. The van der Waals surface area contributed by atoms with Gasteiger partial charge < -0.3 is 5.73 Å². The maximum absolute atomic E-state index is 13.5. The van der Waals surface area contributed by atoms with Gasteiger partial charge in [0, 0.05) is 6.07 Å². The minimum atomic E-state index is -0.311. The van der Waals surface area contributed by atoms with Gasteiger partial charge in [-0.1, -0.05) is 5.21 Å². The highest BCUT2D eigenvalue weighted by atomic mass is 79.9. The highest BCUT2D eigenvalue weighted by Crippen LogP contribution is 2.22. The molecule has 0 radical (unpaired) electrons. The number of halogens is 2. The monoisotopic (exact) mass is 312 g/mol. The number of benzene rings is 1. The van der Waals surface area contributed by atoms with Crippen molar-refractivity contribution in [2.75, 3.05) is 6.54 Å². The number of nitrogens with zero attached hydrogens (tertiary/aromatic N) is 3. The molecule has 6 heteroatoms. The Morgan fingerprint density at radius 1 is 1.44 bits per heavy atom. The number of aryl methyl sites for hydroxylation is 2. The van der Waals surface area contributed by atoms with Crippen molar-refractivity contribution < 1.29 is 4.39 Å². The first-order valence-electron chi connectivity index (χ1n) is 5.69. The van der Waals surface area contributed by atoms with E-state index in [1.165, 1.54) is 6.07 Å². The molecule has 2 rings (SSSR count). The van der Waals surface area contributed by atoms with Crippen molar-refractivity contribution in [1.29, 1.82) is 0 Å². The third-order valence-corrected chi connectivity index (χ3v) is 3.27. The Kier molecular flexibility index (Phi) is 4.08. The van der Waals surface area contributed by atoms with E-state index in [-0.39, 0.29) is 5.82 Å². The van der Waals surface area contributed by atoms with Crippen LogP contribution in [0.5, 0.6) is 0 Å². The largest absolute Gasteiger partial charge is 0.330 e. The van der Waals surface area contributed by atoms with E-state index in [2.05, 4.69) is 26.2 Å². The van der Waals surface area contributed by atoms with Gasteiger partial charge in [-0.2, -0.15) is 0 Å². The van der Waals surface area contributed by atoms with Gasteiger partial charge in [0.15, 0.2) is 0 Å². The summed E-state index contributed by atoms with van der Waals surface area (Å²) in [4.78, 5) is 0. The summed E-state index contributed by atoms with van der Waals surface area (Å²) in [7, 11) is 0. The van der Waals surface area contributed by atoms with Crippen molar-refractivity contribution in [3.05, 3.63) is 39.9 Å². The molecule has 1 aromatic heterocycles. The van der Waals surface area contributed by atoms with E-state index in [1.54, 1.807) is 10.7 Å². The molecule has 1 heterocycles. The van der Waals surface area contributed by atoms with Crippen LogP contribution in [0, 0.1) is 12.7 Å². The first-order chi connectivity index (χ1) is 8.61. The van der Waals surface area contributed by atoms with Crippen LogP contribution < -0.4 is 5.73 Å². The summed E-state index contributed by atoms with van der Waals surface area (Å²) < 4.78 is 15.6. The van der Waals surface area contributed by atoms with E-state index >= 15 is 0 Å². The Balaban J connectivity index is 2.31. The second-order valence-electron chi connectivity index (χ2n) is 4.10. The molecule has 4 nitrogen and oxygen atoms in total. The molecular formula is C12H14BrFN4. The van der Waals surface area contributed by atoms with Crippen LogP contribution in [0.4, 0.5) is 4.39 Å². The first-order valence-corrected chi connectivity index (χ1v) is 6.48. The van der Waals surface area contributed by atoms with Gasteiger partial charge in [-0.25, -0.2) is 9.07 Å². The number of rotatable bonds is 4. The summed E-state index contributed by atoms with van der Waals surface area (Å²) in [5.74, 6) is -0.311. The molecule has 0 bridgehead atoms. The van der Waals surface area contributed by atoms with Crippen molar-refractivity contribution in [2.45, 2.75) is 19.8 Å². The van der Waals surface area contributed by atoms with Gasteiger partial charge in [0.05, 0.1) is 22.1 Å². The van der Waals surface area contributed by atoms with E-state index < -0.39 is 0 Å². The Hall–Kier alpha value is -1.27. The van der Waals surface area contributed by atoms with Crippen LogP contribution >= 0.6 is 15.9 Å². The zero-order valence-electron chi connectivity index (χ0n) is 10.0. The lowest BCUT2D eigenvalue weighted by atomic mass is 10.2. The summed E-state index contributed by atoms with van der Waals surface area (Å²) in [6, 6.07) is 3.17. The SMILES string of the molecule is Cc1cc(Br)c(F)cc1-n1cc(CCCN)nn1. The second-order valence-corrected chi connectivity index (χ2v) is 4.95. The van der Waals surface area contributed by atoms with Crippen LogP contribution in [0.25, 0.3) is 5.69 Å². The zero-order valence-corrected chi connectivity index (χ0v) is 11.6. The standard InChI is InChI=1S/C12H14BrFN4/c1-8-5-10(13)11(14)6-12(8)18-7-9(16-17-18)3-2-4-15/h5-7H,2-4,15H2,1H3. The fraction of sp³-hybridized carbons (Fsp3) is 0.333. The van der Waals surface area contributed by atoms with Crippen LogP contribution in [-0.4, -0.2) is 21.5 Å². The third-order valence-electron chi connectivity index (χ3n) is 2.66. The predicted molar refractivity (Wildman–Crippen MR) is 71.1 cm³/mol.